The zero-order valence-corrected chi connectivity index (χ0v) is 13.1. The third kappa shape index (κ3) is 3.13. The van der Waals surface area contributed by atoms with E-state index in [1.165, 1.54) is 0 Å². The number of allylic oxidation sites excluding steroid dienone is 1. The minimum absolute atomic E-state index is 0.401. The molecule has 1 aliphatic heterocycles. The van der Waals surface area contributed by atoms with Crippen molar-refractivity contribution in [3.63, 3.8) is 0 Å². The van der Waals surface area contributed by atoms with Gasteiger partial charge < -0.3 is 5.32 Å². The number of hydrogen-bond donors (Lipinski definition) is 1. The third-order valence-corrected chi connectivity index (χ3v) is 6.14. The van der Waals surface area contributed by atoms with Crippen LogP contribution in [0, 0.1) is 0 Å². The fourth-order valence-corrected chi connectivity index (χ4v) is 4.32. The van der Waals surface area contributed by atoms with Crippen molar-refractivity contribution in [2.45, 2.75) is 16.6 Å². The third-order valence-electron chi connectivity index (χ3n) is 3.97. The van der Waals surface area contributed by atoms with Crippen molar-refractivity contribution in [2.24, 2.45) is 0 Å². The van der Waals surface area contributed by atoms with Crippen LogP contribution in [-0.4, -0.2) is 26.8 Å². The van der Waals surface area contributed by atoms with Gasteiger partial charge in [0.2, 0.25) is 0 Å². The summed E-state index contributed by atoms with van der Waals surface area (Å²) in [7, 11) is -3.30. The molecule has 0 spiro atoms. The predicted molar refractivity (Wildman–Crippen MR) is 89.3 cm³/mol. The van der Waals surface area contributed by atoms with E-state index in [1.807, 2.05) is 24.3 Å². The molecule has 0 radical (unpaired) electrons. The molecule has 0 fully saturated rings. The van der Waals surface area contributed by atoms with Crippen molar-refractivity contribution < 1.29 is 8.42 Å². The lowest BCUT2D eigenvalue weighted by atomic mass is 10.1. The Bertz CT molecular complexity index is 752. The summed E-state index contributed by atoms with van der Waals surface area (Å²) in [5.74, 6) is 0. The molecule has 2 aromatic rings. The summed E-state index contributed by atoms with van der Waals surface area (Å²) >= 11 is 0. The lowest BCUT2D eigenvalue weighted by Crippen LogP contribution is -2.32. The molecule has 3 rings (SSSR count). The topological polar surface area (TPSA) is 46.2 Å². The largest absolute Gasteiger partial charge is 0.311 e. The molecule has 0 aromatic heterocycles. The van der Waals surface area contributed by atoms with E-state index in [4.69, 9.17) is 0 Å². The predicted octanol–water partition coefficient (Wildman–Crippen LogP) is 2.91. The van der Waals surface area contributed by atoms with Gasteiger partial charge in [-0.05, 0) is 29.7 Å². The first-order valence-electron chi connectivity index (χ1n) is 7.42. The first-order valence-corrected chi connectivity index (χ1v) is 8.96. The molecule has 1 N–H and O–H groups in total. The van der Waals surface area contributed by atoms with Crippen molar-refractivity contribution in [1.29, 1.82) is 0 Å². The van der Waals surface area contributed by atoms with Crippen LogP contribution in [0.5, 0.6) is 0 Å². The molecule has 0 saturated carbocycles. The van der Waals surface area contributed by atoms with Crippen molar-refractivity contribution >= 4 is 15.4 Å². The molecule has 1 heterocycles. The van der Waals surface area contributed by atoms with Crippen LogP contribution < -0.4 is 5.32 Å². The molecule has 0 bridgehead atoms. The summed E-state index contributed by atoms with van der Waals surface area (Å²) in [6, 6.07) is 18.8. The van der Waals surface area contributed by atoms with E-state index in [0.29, 0.717) is 24.4 Å². The fraction of sp³-hybridized carbons (Fsp3) is 0.222. The first-order chi connectivity index (χ1) is 10.7. The van der Waals surface area contributed by atoms with E-state index >= 15 is 0 Å². The second kappa shape index (κ2) is 6.46. The maximum Gasteiger partial charge on any atom is 0.182 e. The smallest absolute Gasteiger partial charge is 0.182 e. The summed E-state index contributed by atoms with van der Waals surface area (Å²) in [5, 5.41) is 2.85. The van der Waals surface area contributed by atoms with Crippen molar-refractivity contribution in [1.82, 2.24) is 5.32 Å². The first kappa shape index (κ1) is 15.0. The van der Waals surface area contributed by atoms with Gasteiger partial charge >= 0.3 is 0 Å². The molecule has 1 unspecified atom stereocenters. The number of sulfone groups is 1. The van der Waals surface area contributed by atoms with E-state index < -0.39 is 15.1 Å². The second-order valence-electron chi connectivity index (χ2n) is 5.44. The van der Waals surface area contributed by atoms with Crippen LogP contribution >= 0.6 is 0 Å². The fourth-order valence-electron chi connectivity index (χ4n) is 2.71. The van der Waals surface area contributed by atoms with Gasteiger partial charge in [0, 0.05) is 13.1 Å². The van der Waals surface area contributed by atoms with Crippen LogP contribution in [0.3, 0.4) is 0 Å². The van der Waals surface area contributed by atoms with E-state index in [9.17, 15) is 8.42 Å². The molecule has 2 aromatic carbocycles. The highest BCUT2D eigenvalue weighted by molar-refractivity contribution is 7.92. The Morgan fingerprint density at radius 1 is 0.909 bits per heavy atom. The van der Waals surface area contributed by atoms with Crippen LogP contribution in [0.1, 0.15) is 12.0 Å². The van der Waals surface area contributed by atoms with Gasteiger partial charge in [0.15, 0.2) is 9.84 Å². The molecule has 0 aliphatic carbocycles. The van der Waals surface area contributed by atoms with Gasteiger partial charge in [0.1, 0.15) is 0 Å². The molecule has 0 amide bonds. The maximum absolute atomic E-state index is 12.7. The van der Waals surface area contributed by atoms with E-state index in [0.717, 1.165) is 11.1 Å². The van der Waals surface area contributed by atoms with Gasteiger partial charge in [-0.3, -0.25) is 0 Å². The monoisotopic (exact) mass is 313 g/mol. The number of hydrogen-bond acceptors (Lipinski definition) is 3. The van der Waals surface area contributed by atoms with Crippen LogP contribution in [0.2, 0.25) is 0 Å². The number of rotatable bonds is 3. The quantitative estimate of drug-likeness (QED) is 0.948. The van der Waals surface area contributed by atoms with Crippen LogP contribution in [-0.2, 0) is 9.84 Å². The highest BCUT2D eigenvalue weighted by atomic mass is 32.2. The average molecular weight is 313 g/mol. The highest BCUT2D eigenvalue weighted by Crippen LogP contribution is 2.23. The summed E-state index contributed by atoms with van der Waals surface area (Å²) in [5.41, 5.74) is 2.30. The molecule has 0 saturated heterocycles. The minimum atomic E-state index is -3.30. The molecule has 4 heteroatoms. The Morgan fingerprint density at radius 3 is 2.23 bits per heavy atom. The Kier molecular flexibility index (Phi) is 4.41. The number of nitrogens with one attached hydrogen (secondary N) is 1. The van der Waals surface area contributed by atoms with Crippen LogP contribution in [0.15, 0.2) is 71.6 Å². The van der Waals surface area contributed by atoms with E-state index in [1.54, 1.807) is 24.3 Å². The zero-order valence-electron chi connectivity index (χ0n) is 12.3. The van der Waals surface area contributed by atoms with Crippen molar-refractivity contribution in [3.05, 3.63) is 72.3 Å². The lowest BCUT2D eigenvalue weighted by molar-refractivity contribution is 0.572. The summed E-state index contributed by atoms with van der Waals surface area (Å²) < 4.78 is 25.4. The Labute approximate surface area is 131 Å². The molecule has 1 aliphatic rings. The minimum Gasteiger partial charge on any atom is -0.311 e. The molecule has 114 valence electrons. The van der Waals surface area contributed by atoms with Gasteiger partial charge in [-0.15, -0.1) is 0 Å². The van der Waals surface area contributed by atoms with Gasteiger partial charge in [-0.1, -0.05) is 54.6 Å². The normalized spacial score (nSPS) is 19.3. The summed E-state index contributed by atoms with van der Waals surface area (Å²) in [6.45, 7) is 1.18. The molecule has 22 heavy (non-hydrogen) atoms. The maximum atomic E-state index is 12.7. The molecule has 1 atom stereocenters. The number of benzene rings is 2. The van der Waals surface area contributed by atoms with Gasteiger partial charge in [0.05, 0.1) is 10.1 Å². The Hall–Kier alpha value is -1.91. The Morgan fingerprint density at radius 2 is 1.55 bits per heavy atom. The second-order valence-corrected chi connectivity index (χ2v) is 7.67. The standard InChI is InChI=1S/C18H19NO2S/c20-22(21,17-9-5-2-6-10-17)18-12-11-16(13-19-14-18)15-7-3-1-4-8-15/h1-11,18-19H,12-14H2. The average Bonchev–Trinajstić information content (AvgIpc) is 2.83. The van der Waals surface area contributed by atoms with Crippen molar-refractivity contribution in [2.75, 3.05) is 13.1 Å². The van der Waals surface area contributed by atoms with Gasteiger partial charge in [-0.25, -0.2) is 8.42 Å². The lowest BCUT2D eigenvalue weighted by Gasteiger charge is -2.14. The molecular formula is C18H19NO2S. The van der Waals surface area contributed by atoms with Crippen LogP contribution in [0.4, 0.5) is 0 Å². The molecular weight excluding hydrogens is 294 g/mol. The SMILES string of the molecule is O=S(=O)(c1ccccc1)C1CC=C(c2ccccc2)CNC1. The summed E-state index contributed by atoms with van der Waals surface area (Å²) in [4.78, 5) is 0.401. The summed E-state index contributed by atoms with van der Waals surface area (Å²) in [6.07, 6.45) is 2.59. The van der Waals surface area contributed by atoms with Crippen molar-refractivity contribution in [3.8, 4) is 0 Å². The zero-order chi connectivity index (χ0) is 15.4. The van der Waals surface area contributed by atoms with Gasteiger partial charge in [-0.2, -0.15) is 0 Å². The molecule has 3 nitrogen and oxygen atoms in total. The van der Waals surface area contributed by atoms with Gasteiger partial charge in [0.25, 0.3) is 0 Å². The van der Waals surface area contributed by atoms with E-state index in [-0.39, 0.29) is 0 Å². The Balaban J connectivity index is 1.85. The highest BCUT2D eigenvalue weighted by Gasteiger charge is 2.27. The van der Waals surface area contributed by atoms with Crippen LogP contribution in [0.25, 0.3) is 5.57 Å². The van der Waals surface area contributed by atoms with E-state index in [2.05, 4.69) is 23.5 Å².